The minimum atomic E-state index is 0.0155. The highest BCUT2D eigenvalue weighted by atomic mass is 16.5. The third-order valence-corrected chi connectivity index (χ3v) is 3.90. The number of carbonyl (C=O) groups excluding carboxylic acids is 1. The van der Waals surface area contributed by atoms with Gasteiger partial charge in [0.1, 0.15) is 0 Å². The minimum Gasteiger partial charge on any atom is -0.397 e. The number of nitrogens with one attached hydrogen (secondary N) is 1. The zero-order valence-corrected chi connectivity index (χ0v) is 12.7. The molecule has 0 radical (unpaired) electrons. The summed E-state index contributed by atoms with van der Waals surface area (Å²) in [6.07, 6.45) is 2.90. The Labute approximate surface area is 126 Å². The molecule has 0 aliphatic carbocycles. The van der Waals surface area contributed by atoms with Gasteiger partial charge in [-0.25, -0.2) is 0 Å². The third-order valence-electron chi connectivity index (χ3n) is 3.90. The van der Waals surface area contributed by atoms with Crippen LogP contribution in [-0.4, -0.2) is 44.2 Å². The molecule has 1 atom stereocenters. The lowest BCUT2D eigenvalue weighted by Gasteiger charge is -2.32. The van der Waals surface area contributed by atoms with Crippen molar-refractivity contribution in [1.82, 2.24) is 4.90 Å². The molecule has 116 valence electrons. The van der Waals surface area contributed by atoms with Crippen LogP contribution in [0.2, 0.25) is 0 Å². The van der Waals surface area contributed by atoms with Gasteiger partial charge in [-0.05, 0) is 37.4 Å². The fourth-order valence-corrected chi connectivity index (χ4v) is 2.81. The van der Waals surface area contributed by atoms with E-state index in [1.807, 2.05) is 18.2 Å². The molecule has 1 aromatic rings. The van der Waals surface area contributed by atoms with Gasteiger partial charge in [0.15, 0.2) is 0 Å². The Morgan fingerprint density at radius 2 is 2.29 bits per heavy atom. The van der Waals surface area contributed by atoms with Gasteiger partial charge >= 0.3 is 0 Å². The number of hydrogen-bond donors (Lipinski definition) is 2. The number of likely N-dealkylation sites (tertiary alicyclic amines) is 1. The van der Waals surface area contributed by atoms with Crippen LogP contribution in [0.3, 0.4) is 0 Å². The molecule has 1 amide bonds. The summed E-state index contributed by atoms with van der Waals surface area (Å²) in [7, 11) is 1.75. The van der Waals surface area contributed by atoms with Gasteiger partial charge in [-0.3, -0.25) is 4.79 Å². The second kappa shape index (κ2) is 8.00. The van der Waals surface area contributed by atoms with Gasteiger partial charge in [-0.15, -0.1) is 0 Å². The average Bonchev–Trinajstić information content (AvgIpc) is 2.48. The summed E-state index contributed by atoms with van der Waals surface area (Å²) in [5.41, 5.74) is 7.11. The van der Waals surface area contributed by atoms with E-state index in [2.05, 4.69) is 10.2 Å². The molecule has 0 saturated carbocycles. The first-order valence-corrected chi connectivity index (χ1v) is 7.54. The third kappa shape index (κ3) is 5.02. The fraction of sp³-hybridized carbons (Fsp3) is 0.562. The van der Waals surface area contributed by atoms with Crippen molar-refractivity contribution in [2.24, 2.45) is 5.92 Å². The van der Waals surface area contributed by atoms with Crippen LogP contribution in [0.25, 0.3) is 0 Å². The highest BCUT2D eigenvalue weighted by Crippen LogP contribution is 2.18. The normalized spacial score (nSPS) is 19.4. The number of para-hydroxylation sites is 2. The van der Waals surface area contributed by atoms with Crippen LogP contribution in [0, 0.1) is 5.92 Å². The molecule has 1 aromatic carbocycles. The van der Waals surface area contributed by atoms with Crippen LogP contribution >= 0.6 is 0 Å². The molecule has 0 aromatic heterocycles. The van der Waals surface area contributed by atoms with Crippen molar-refractivity contribution < 1.29 is 9.53 Å². The minimum absolute atomic E-state index is 0.0155. The highest BCUT2D eigenvalue weighted by molar-refractivity contribution is 5.93. The van der Waals surface area contributed by atoms with Crippen molar-refractivity contribution in [1.29, 1.82) is 0 Å². The summed E-state index contributed by atoms with van der Waals surface area (Å²) < 4.78 is 5.23. The number of piperidine rings is 1. The van der Waals surface area contributed by atoms with E-state index >= 15 is 0 Å². The SMILES string of the molecule is COCC1CCCN(CCC(=O)Nc2ccccc2N)C1. The van der Waals surface area contributed by atoms with Crippen LogP contribution in [0.15, 0.2) is 24.3 Å². The molecule has 1 unspecified atom stereocenters. The summed E-state index contributed by atoms with van der Waals surface area (Å²) in [6.45, 7) is 3.69. The van der Waals surface area contributed by atoms with Crippen LogP contribution in [0.1, 0.15) is 19.3 Å². The molecule has 0 spiro atoms. The lowest BCUT2D eigenvalue weighted by molar-refractivity contribution is -0.116. The van der Waals surface area contributed by atoms with Gasteiger partial charge in [-0.2, -0.15) is 0 Å². The van der Waals surface area contributed by atoms with E-state index in [1.54, 1.807) is 13.2 Å². The molecule has 0 bridgehead atoms. The summed E-state index contributed by atoms with van der Waals surface area (Å²) in [4.78, 5) is 14.3. The predicted octanol–water partition coefficient (Wildman–Crippen LogP) is 1.96. The Morgan fingerprint density at radius 1 is 1.48 bits per heavy atom. The van der Waals surface area contributed by atoms with E-state index in [9.17, 15) is 4.79 Å². The topological polar surface area (TPSA) is 67.6 Å². The van der Waals surface area contributed by atoms with Crippen molar-refractivity contribution in [2.75, 3.05) is 44.4 Å². The smallest absolute Gasteiger partial charge is 0.225 e. The molecule has 1 fully saturated rings. The lowest BCUT2D eigenvalue weighted by atomic mass is 9.99. The number of hydrogen-bond acceptors (Lipinski definition) is 4. The van der Waals surface area contributed by atoms with Crippen LogP contribution in [0.5, 0.6) is 0 Å². The van der Waals surface area contributed by atoms with Crippen LogP contribution in [0.4, 0.5) is 11.4 Å². The molecule has 1 aliphatic rings. The first-order valence-electron chi connectivity index (χ1n) is 7.54. The van der Waals surface area contributed by atoms with Gasteiger partial charge in [0.05, 0.1) is 18.0 Å². The zero-order valence-electron chi connectivity index (χ0n) is 12.7. The number of nitrogens with zero attached hydrogens (tertiary/aromatic N) is 1. The van der Waals surface area contributed by atoms with E-state index < -0.39 is 0 Å². The zero-order chi connectivity index (χ0) is 15.1. The quantitative estimate of drug-likeness (QED) is 0.786. The number of rotatable bonds is 6. The maximum atomic E-state index is 12.0. The van der Waals surface area contributed by atoms with E-state index in [1.165, 1.54) is 12.8 Å². The van der Waals surface area contributed by atoms with Crippen molar-refractivity contribution in [3.63, 3.8) is 0 Å². The predicted molar refractivity (Wildman–Crippen MR) is 85.1 cm³/mol. The van der Waals surface area contributed by atoms with Crippen LogP contribution in [-0.2, 0) is 9.53 Å². The number of methoxy groups -OCH3 is 1. The number of benzene rings is 1. The fourth-order valence-electron chi connectivity index (χ4n) is 2.81. The van der Waals surface area contributed by atoms with Gasteiger partial charge in [-0.1, -0.05) is 12.1 Å². The van der Waals surface area contributed by atoms with Gasteiger partial charge in [0.2, 0.25) is 5.91 Å². The second-order valence-electron chi connectivity index (χ2n) is 5.65. The lowest BCUT2D eigenvalue weighted by Crippen LogP contribution is -2.38. The van der Waals surface area contributed by atoms with Crippen molar-refractivity contribution in [2.45, 2.75) is 19.3 Å². The van der Waals surface area contributed by atoms with Crippen molar-refractivity contribution >= 4 is 17.3 Å². The van der Waals surface area contributed by atoms with Crippen LogP contribution < -0.4 is 11.1 Å². The first kappa shape index (κ1) is 15.8. The molecule has 1 heterocycles. The number of nitrogen functional groups attached to an aromatic ring is 1. The summed E-state index contributed by atoms with van der Waals surface area (Å²) in [5, 5.41) is 2.87. The molecule has 1 aliphatic heterocycles. The van der Waals surface area contributed by atoms with Crippen molar-refractivity contribution in [3.05, 3.63) is 24.3 Å². The van der Waals surface area contributed by atoms with Crippen molar-refractivity contribution in [3.8, 4) is 0 Å². The molecular weight excluding hydrogens is 266 g/mol. The number of nitrogens with two attached hydrogens (primary N) is 1. The Hall–Kier alpha value is -1.59. The largest absolute Gasteiger partial charge is 0.397 e. The van der Waals surface area contributed by atoms with Gasteiger partial charge < -0.3 is 20.7 Å². The maximum Gasteiger partial charge on any atom is 0.225 e. The monoisotopic (exact) mass is 291 g/mol. The van der Waals surface area contributed by atoms with Gasteiger partial charge in [0.25, 0.3) is 0 Å². The number of amides is 1. The number of anilines is 2. The van der Waals surface area contributed by atoms with E-state index in [-0.39, 0.29) is 5.91 Å². The second-order valence-corrected chi connectivity index (χ2v) is 5.65. The molecule has 5 nitrogen and oxygen atoms in total. The Bertz CT molecular complexity index is 463. The number of ether oxygens (including phenoxy) is 1. The van der Waals surface area contributed by atoms with E-state index in [0.29, 0.717) is 23.7 Å². The molecule has 5 heteroatoms. The summed E-state index contributed by atoms with van der Waals surface area (Å²) >= 11 is 0. The van der Waals surface area contributed by atoms with Gasteiger partial charge in [0, 0.05) is 26.6 Å². The Kier molecular flexibility index (Phi) is 6.02. The first-order chi connectivity index (χ1) is 10.2. The summed E-state index contributed by atoms with van der Waals surface area (Å²) in [5.74, 6) is 0.610. The molecule has 2 rings (SSSR count). The van der Waals surface area contributed by atoms with E-state index in [0.717, 1.165) is 26.2 Å². The maximum absolute atomic E-state index is 12.0. The van der Waals surface area contributed by atoms with E-state index in [4.69, 9.17) is 10.5 Å². The Balaban J connectivity index is 1.75. The highest BCUT2D eigenvalue weighted by Gasteiger charge is 2.20. The molecule has 3 N–H and O–H groups in total. The molecule has 1 saturated heterocycles. The number of carbonyl (C=O) groups is 1. The summed E-state index contributed by atoms with van der Waals surface area (Å²) in [6, 6.07) is 7.33. The average molecular weight is 291 g/mol. The standard InChI is InChI=1S/C16H25N3O2/c1-21-12-13-5-4-9-19(11-13)10-8-16(20)18-15-7-3-2-6-14(15)17/h2-3,6-7,13H,4-5,8-12,17H2,1H3,(H,18,20). The molecule has 21 heavy (non-hydrogen) atoms. The molecular formula is C16H25N3O2. The Morgan fingerprint density at radius 3 is 3.05 bits per heavy atom.